The van der Waals surface area contributed by atoms with Crippen molar-refractivity contribution in [3.05, 3.63) is 48.0 Å². The number of hydrogen-bond acceptors (Lipinski definition) is 6. The van der Waals surface area contributed by atoms with Crippen LogP contribution in [0.5, 0.6) is 0 Å². The minimum Gasteiger partial charge on any atom is -0.356 e. The number of aromatic nitrogens is 4. The molecule has 4 rings (SSSR count). The zero-order valence-corrected chi connectivity index (χ0v) is 19.0. The zero-order valence-electron chi connectivity index (χ0n) is 19.0. The number of rotatable bonds is 10. The highest BCUT2D eigenvalue weighted by Gasteiger charge is 2.25. The Labute approximate surface area is 188 Å². The first-order valence-corrected chi connectivity index (χ1v) is 11.2. The van der Waals surface area contributed by atoms with Crippen LogP contribution in [0.4, 0.5) is 5.82 Å². The van der Waals surface area contributed by atoms with E-state index in [0.29, 0.717) is 5.69 Å². The minimum atomic E-state index is -0.0361. The smallest absolute Gasteiger partial charge is 0.243 e. The summed E-state index contributed by atoms with van der Waals surface area (Å²) in [6.45, 7) is 4.27. The fourth-order valence-electron chi connectivity index (χ4n) is 3.77. The summed E-state index contributed by atoms with van der Waals surface area (Å²) < 4.78 is 1.68. The number of likely N-dealkylation sites (N-methyl/N-ethyl adjacent to an activating group) is 1. The molecular weight excluding hydrogens is 404 g/mol. The molecule has 1 saturated carbocycles. The molecule has 32 heavy (non-hydrogen) atoms. The van der Waals surface area contributed by atoms with Crippen molar-refractivity contribution in [1.82, 2.24) is 24.6 Å². The molecule has 2 aromatic heterocycles. The van der Waals surface area contributed by atoms with Gasteiger partial charge in [-0.2, -0.15) is 5.10 Å². The van der Waals surface area contributed by atoms with Crippen LogP contribution in [0.25, 0.3) is 10.9 Å². The van der Waals surface area contributed by atoms with Crippen LogP contribution in [0, 0.1) is 5.92 Å². The van der Waals surface area contributed by atoms with Crippen molar-refractivity contribution < 1.29 is 9.59 Å². The number of ketones is 1. The Morgan fingerprint density at radius 2 is 1.97 bits per heavy atom. The van der Waals surface area contributed by atoms with Crippen LogP contribution in [0.1, 0.15) is 42.2 Å². The molecule has 0 radical (unpaired) electrons. The first-order valence-electron chi connectivity index (χ1n) is 11.2. The fraction of sp³-hybridized carbons (Fsp3) is 0.458. The highest BCUT2D eigenvalue weighted by Crippen LogP contribution is 2.31. The molecule has 1 aliphatic rings. The van der Waals surface area contributed by atoms with Gasteiger partial charge in [-0.25, -0.2) is 9.97 Å². The number of Topliss-reactive ketones (excluding diaryl/α,β-unsaturated/α-hetero) is 1. The first kappa shape index (κ1) is 21.9. The average Bonchev–Trinajstić information content (AvgIpc) is 3.52. The third-order valence-corrected chi connectivity index (χ3v) is 5.79. The van der Waals surface area contributed by atoms with Gasteiger partial charge in [0.25, 0.3) is 0 Å². The summed E-state index contributed by atoms with van der Waals surface area (Å²) in [6.07, 6.45) is 7.07. The Morgan fingerprint density at radius 3 is 2.69 bits per heavy atom. The molecular formula is C24H30N6O2. The van der Waals surface area contributed by atoms with E-state index >= 15 is 0 Å². The van der Waals surface area contributed by atoms with Crippen LogP contribution in [0.3, 0.4) is 0 Å². The number of carbonyl (C=O) groups is 2. The monoisotopic (exact) mass is 434 g/mol. The van der Waals surface area contributed by atoms with E-state index in [1.165, 1.54) is 19.2 Å². The van der Waals surface area contributed by atoms with E-state index in [9.17, 15) is 9.59 Å². The molecule has 0 N–H and O–H groups in total. The Hall–Kier alpha value is -3.29. The van der Waals surface area contributed by atoms with Crippen molar-refractivity contribution in [3.63, 3.8) is 0 Å². The molecule has 0 aliphatic heterocycles. The summed E-state index contributed by atoms with van der Waals surface area (Å²) in [5.74, 6) is 1.52. The number of nitrogens with zero attached hydrogens (tertiary/aromatic N) is 6. The van der Waals surface area contributed by atoms with Gasteiger partial charge >= 0.3 is 0 Å². The lowest BCUT2D eigenvalue weighted by atomic mass is 10.0. The molecule has 0 atom stereocenters. The Balaban J connectivity index is 1.48. The summed E-state index contributed by atoms with van der Waals surface area (Å²) in [4.78, 5) is 37.5. The van der Waals surface area contributed by atoms with Gasteiger partial charge < -0.3 is 9.80 Å². The van der Waals surface area contributed by atoms with Crippen molar-refractivity contribution in [2.75, 3.05) is 32.1 Å². The summed E-state index contributed by atoms with van der Waals surface area (Å²) >= 11 is 0. The quantitative estimate of drug-likeness (QED) is 0.456. The summed E-state index contributed by atoms with van der Waals surface area (Å²) in [7, 11) is 3.45. The normalized spacial score (nSPS) is 13.3. The van der Waals surface area contributed by atoms with Crippen LogP contribution >= 0.6 is 0 Å². The van der Waals surface area contributed by atoms with E-state index in [-0.39, 0.29) is 24.7 Å². The summed E-state index contributed by atoms with van der Waals surface area (Å²) in [5, 5.41) is 5.24. The molecule has 1 aliphatic carbocycles. The van der Waals surface area contributed by atoms with E-state index in [4.69, 9.17) is 0 Å². The molecule has 8 nitrogen and oxygen atoms in total. The van der Waals surface area contributed by atoms with Crippen LogP contribution in [-0.4, -0.2) is 63.5 Å². The van der Waals surface area contributed by atoms with Crippen LogP contribution < -0.4 is 4.90 Å². The van der Waals surface area contributed by atoms with Crippen LogP contribution in [0.15, 0.2) is 36.8 Å². The summed E-state index contributed by atoms with van der Waals surface area (Å²) in [6, 6.07) is 7.61. The third-order valence-electron chi connectivity index (χ3n) is 5.79. The second-order valence-corrected chi connectivity index (χ2v) is 8.73. The first-order chi connectivity index (χ1) is 15.4. The predicted octanol–water partition coefficient (Wildman–Crippen LogP) is 2.97. The molecule has 8 heteroatoms. The molecule has 0 unspecified atom stereocenters. The third kappa shape index (κ3) is 5.12. The lowest BCUT2D eigenvalue weighted by Crippen LogP contribution is -2.27. The van der Waals surface area contributed by atoms with Crippen LogP contribution in [-0.2, 0) is 17.8 Å². The lowest BCUT2D eigenvalue weighted by Gasteiger charge is -2.23. The van der Waals surface area contributed by atoms with E-state index in [1.807, 2.05) is 24.3 Å². The number of fused-ring (bicyclic) bond motifs is 1. The molecule has 0 bridgehead atoms. The number of hydrogen-bond donors (Lipinski definition) is 0. The molecule has 0 spiro atoms. The van der Waals surface area contributed by atoms with Crippen molar-refractivity contribution in [3.8, 4) is 0 Å². The number of benzene rings is 1. The van der Waals surface area contributed by atoms with Gasteiger partial charge in [0.1, 0.15) is 24.4 Å². The van der Waals surface area contributed by atoms with Gasteiger partial charge in [-0.15, -0.1) is 0 Å². The maximum atomic E-state index is 13.0. The molecule has 1 aromatic carbocycles. The van der Waals surface area contributed by atoms with Gasteiger partial charge in [0.05, 0.1) is 11.7 Å². The highest BCUT2D eigenvalue weighted by molar-refractivity contribution is 5.97. The number of carbonyl (C=O) groups excluding carboxylic acids is 2. The summed E-state index contributed by atoms with van der Waals surface area (Å²) in [5.41, 5.74) is 2.21. The maximum Gasteiger partial charge on any atom is 0.243 e. The standard InChI is InChI=1S/C24H30N6O2/c1-4-9-29(14-17-5-6-17)23-12-20(25-16-26-23)22(31)11-18-7-8-21-19(10-18)13-27-30(21)15-24(32)28(2)3/h7-8,10,12-13,16-17H,4-6,9,11,14-15H2,1-3H3. The number of anilines is 1. The second kappa shape index (κ2) is 9.46. The Bertz CT molecular complexity index is 1120. The number of amides is 1. The largest absolute Gasteiger partial charge is 0.356 e. The van der Waals surface area contributed by atoms with Crippen molar-refractivity contribution in [1.29, 1.82) is 0 Å². The van der Waals surface area contributed by atoms with E-state index < -0.39 is 0 Å². The van der Waals surface area contributed by atoms with Crippen LogP contribution in [0.2, 0.25) is 0 Å². The molecule has 3 aromatic rings. The molecule has 1 fully saturated rings. The lowest BCUT2D eigenvalue weighted by molar-refractivity contribution is -0.129. The average molecular weight is 435 g/mol. The topological polar surface area (TPSA) is 84.2 Å². The minimum absolute atomic E-state index is 0.0207. The molecule has 2 heterocycles. The van der Waals surface area contributed by atoms with Gasteiger partial charge in [0, 0.05) is 45.1 Å². The van der Waals surface area contributed by atoms with Crippen molar-refractivity contribution >= 4 is 28.4 Å². The van der Waals surface area contributed by atoms with Gasteiger partial charge in [0.2, 0.25) is 5.91 Å². The van der Waals surface area contributed by atoms with Gasteiger partial charge in [-0.05, 0) is 42.9 Å². The van der Waals surface area contributed by atoms with E-state index in [0.717, 1.165) is 47.7 Å². The van der Waals surface area contributed by atoms with Crippen molar-refractivity contribution in [2.24, 2.45) is 5.92 Å². The predicted molar refractivity (Wildman–Crippen MR) is 124 cm³/mol. The van der Waals surface area contributed by atoms with E-state index in [2.05, 4.69) is 26.9 Å². The van der Waals surface area contributed by atoms with Crippen molar-refractivity contribution in [2.45, 2.75) is 39.2 Å². The molecule has 0 saturated heterocycles. The maximum absolute atomic E-state index is 13.0. The van der Waals surface area contributed by atoms with E-state index in [1.54, 1.807) is 29.9 Å². The SMILES string of the molecule is CCCN(CC1CC1)c1cc(C(=O)Cc2ccc3c(cnn3CC(=O)N(C)C)c2)ncn1. The van der Waals surface area contributed by atoms with Gasteiger partial charge in [-0.3, -0.25) is 14.3 Å². The van der Waals surface area contributed by atoms with Gasteiger partial charge in [0.15, 0.2) is 5.78 Å². The highest BCUT2D eigenvalue weighted by atomic mass is 16.2. The Kier molecular flexibility index (Phi) is 6.48. The van der Waals surface area contributed by atoms with Gasteiger partial charge in [-0.1, -0.05) is 13.0 Å². The molecule has 1 amide bonds. The second-order valence-electron chi connectivity index (χ2n) is 8.73. The fourth-order valence-corrected chi connectivity index (χ4v) is 3.77. The zero-order chi connectivity index (χ0) is 22.7. The Morgan fingerprint density at radius 1 is 1.16 bits per heavy atom. The molecule has 168 valence electrons.